The predicted molar refractivity (Wildman–Crippen MR) is 107 cm³/mol. The average Bonchev–Trinajstić information content (AvgIpc) is 2.72. The molecule has 1 aromatic heterocycles. The highest BCUT2D eigenvalue weighted by atomic mass is 32.2. The van der Waals surface area contributed by atoms with E-state index in [2.05, 4.69) is 11.1 Å². The van der Waals surface area contributed by atoms with Gasteiger partial charge >= 0.3 is 0 Å². The van der Waals surface area contributed by atoms with Crippen LogP contribution in [0.5, 0.6) is 0 Å². The van der Waals surface area contributed by atoms with Crippen LogP contribution in [0, 0.1) is 11.3 Å². The Kier molecular flexibility index (Phi) is 6.53. The maximum Gasteiger partial charge on any atom is 0.244 e. The minimum absolute atomic E-state index is 0.0882. The lowest BCUT2D eigenvalue weighted by Gasteiger charge is -2.30. The van der Waals surface area contributed by atoms with E-state index in [1.165, 1.54) is 28.7 Å². The highest BCUT2D eigenvalue weighted by Crippen LogP contribution is 2.27. The van der Waals surface area contributed by atoms with Gasteiger partial charge in [0.1, 0.15) is 4.90 Å². The summed E-state index contributed by atoms with van der Waals surface area (Å²) in [6.07, 6.45) is 6.67. The lowest BCUT2D eigenvalue weighted by Crippen LogP contribution is -2.38. The topological polar surface area (TPSA) is 74.1 Å². The zero-order chi connectivity index (χ0) is 19.3. The van der Waals surface area contributed by atoms with Crippen molar-refractivity contribution in [2.75, 3.05) is 7.05 Å². The first-order valence-electron chi connectivity index (χ1n) is 9.06. The van der Waals surface area contributed by atoms with Gasteiger partial charge in [0.05, 0.1) is 16.7 Å². The summed E-state index contributed by atoms with van der Waals surface area (Å²) in [5.41, 5.74) is 1.67. The molecule has 0 saturated heterocycles. The molecule has 0 atom stereocenters. The fraction of sp³-hybridized carbons (Fsp3) is 0.400. The van der Waals surface area contributed by atoms with E-state index in [1.54, 1.807) is 25.2 Å². The number of thioether (sulfide) groups is 1. The van der Waals surface area contributed by atoms with Crippen LogP contribution in [0.1, 0.15) is 43.2 Å². The monoisotopic (exact) mass is 401 g/mol. The molecule has 0 amide bonds. The van der Waals surface area contributed by atoms with Crippen LogP contribution in [0.3, 0.4) is 0 Å². The molecule has 0 spiro atoms. The molecule has 1 heterocycles. The molecule has 27 heavy (non-hydrogen) atoms. The highest BCUT2D eigenvalue weighted by Gasteiger charge is 2.29. The number of nitrogens with zero attached hydrogens (tertiary/aromatic N) is 3. The molecule has 0 radical (unpaired) electrons. The summed E-state index contributed by atoms with van der Waals surface area (Å²) in [5.74, 6) is 0.677. The van der Waals surface area contributed by atoms with Crippen LogP contribution in [-0.2, 0) is 15.8 Å². The molecule has 7 heteroatoms. The van der Waals surface area contributed by atoms with Crippen LogP contribution in [0.15, 0.2) is 52.5 Å². The molecule has 2 aromatic rings. The zero-order valence-corrected chi connectivity index (χ0v) is 17.0. The smallest absolute Gasteiger partial charge is 0.244 e. The molecule has 1 saturated carbocycles. The summed E-state index contributed by atoms with van der Waals surface area (Å²) in [7, 11) is -1.83. The fourth-order valence-corrected chi connectivity index (χ4v) is 5.45. The van der Waals surface area contributed by atoms with Crippen LogP contribution in [0.2, 0.25) is 0 Å². The Balaban J connectivity index is 1.66. The second-order valence-corrected chi connectivity index (χ2v) is 9.74. The lowest BCUT2D eigenvalue weighted by molar-refractivity contribution is 0.285. The van der Waals surface area contributed by atoms with Crippen molar-refractivity contribution >= 4 is 21.8 Å². The molecule has 1 fully saturated rings. The number of nitriles is 1. The van der Waals surface area contributed by atoms with E-state index in [-0.39, 0.29) is 10.9 Å². The Labute approximate surface area is 165 Å². The standard InChI is InChI=1S/C20H23N3O2S2/c1-23(18-8-3-2-4-9-18)27(24,25)19-10-11-20(22-14-19)26-15-17-7-5-6-16(12-17)13-21/h5-7,10-12,14,18H,2-4,8-9,15H2,1H3. The third-order valence-corrected chi connectivity index (χ3v) is 7.83. The summed E-state index contributed by atoms with van der Waals surface area (Å²) in [6, 6.07) is 13.1. The highest BCUT2D eigenvalue weighted by molar-refractivity contribution is 7.98. The SMILES string of the molecule is CN(C1CCCCC1)S(=O)(=O)c1ccc(SCc2cccc(C#N)c2)nc1. The first-order chi connectivity index (χ1) is 13.0. The Morgan fingerprint density at radius 1 is 1.22 bits per heavy atom. The van der Waals surface area contributed by atoms with Crippen LogP contribution >= 0.6 is 11.8 Å². The van der Waals surface area contributed by atoms with E-state index in [0.29, 0.717) is 11.3 Å². The maximum absolute atomic E-state index is 12.8. The van der Waals surface area contributed by atoms with E-state index in [1.807, 2.05) is 18.2 Å². The summed E-state index contributed by atoms with van der Waals surface area (Å²) >= 11 is 1.52. The molecule has 0 N–H and O–H groups in total. The number of hydrogen-bond acceptors (Lipinski definition) is 5. The van der Waals surface area contributed by atoms with Crippen molar-refractivity contribution in [3.8, 4) is 6.07 Å². The van der Waals surface area contributed by atoms with Gasteiger partial charge in [-0.05, 0) is 42.7 Å². The largest absolute Gasteiger partial charge is 0.249 e. The van der Waals surface area contributed by atoms with Crippen molar-refractivity contribution in [3.05, 3.63) is 53.7 Å². The molecule has 0 bridgehead atoms. The van der Waals surface area contributed by atoms with Gasteiger partial charge in [-0.25, -0.2) is 13.4 Å². The van der Waals surface area contributed by atoms with Gasteiger partial charge in [0.25, 0.3) is 0 Å². The molecular weight excluding hydrogens is 378 g/mol. The molecule has 0 unspecified atom stereocenters. The third kappa shape index (κ3) is 4.89. The van der Waals surface area contributed by atoms with Crippen molar-refractivity contribution in [3.63, 3.8) is 0 Å². The van der Waals surface area contributed by atoms with Gasteiger partial charge in [0, 0.05) is 25.0 Å². The maximum atomic E-state index is 12.8. The van der Waals surface area contributed by atoms with Crippen molar-refractivity contribution < 1.29 is 8.42 Å². The molecular formula is C20H23N3O2S2. The molecule has 1 aliphatic carbocycles. The number of hydrogen-bond donors (Lipinski definition) is 0. The third-order valence-electron chi connectivity index (χ3n) is 4.92. The van der Waals surface area contributed by atoms with E-state index in [9.17, 15) is 8.42 Å². The van der Waals surface area contributed by atoms with E-state index < -0.39 is 10.0 Å². The first kappa shape index (κ1) is 19.9. The van der Waals surface area contributed by atoms with Gasteiger partial charge in [0.2, 0.25) is 10.0 Å². The van der Waals surface area contributed by atoms with Crippen molar-refractivity contribution in [2.24, 2.45) is 0 Å². The van der Waals surface area contributed by atoms with Crippen LogP contribution < -0.4 is 0 Å². The van der Waals surface area contributed by atoms with E-state index in [0.717, 1.165) is 36.3 Å². The Morgan fingerprint density at radius 2 is 2.00 bits per heavy atom. The Bertz CT molecular complexity index is 915. The van der Waals surface area contributed by atoms with Crippen molar-refractivity contribution in [1.29, 1.82) is 5.26 Å². The number of benzene rings is 1. The van der Waals surface area contributed by atoms with Gasteiger partial charge in [-0.15, -0.1) is 11.8 Å². The molecule has 1 aliphatic rings. The van der Waals surface area contributed by atoms with Crippen molar-refractivity contribution in [1.82, 2.24) is 9.29 Å². The predicted octanol–water partition coefficient (Wildman–Crippen LogP) is 4.20. The normalized spacial score (nSPS) is 15.6. The van der Waals surface area contributed by atoms with Crippen molar-refractivity contribution in [2.45, 2.75) is 53.8 Å². The molecule has 142 valence electrons. The van der Waals surface area contributed by atoms with Crippen LogP contribution in [-0.4, -0.2) is 30.8 Å². The first-order valence-corrected chi connectivity index (χ1v) is 11.5. The zero-order valence-electron chi connectivity index (χ0n) is 15.3. The summed E-state index contributed by atoms with van der Waals surface area (Å²) in [5, 5.41) is 9.72. The molecule has 1 aromatic carbocycles. The fourth-order valence-electron chi connectivity index (χ4n) is 3.30. The van der Waals surface area contributed by atoms with E-state index in [4.69, 9.17) is 5.26 Å². The van der Waals surface area contributed by atoms with Gasteiger partial charge < -0.3 is 0 Å². The van der Waals surface area contributed by atoms with Gasteiger partial charge in [-0.2, -0.15) is 9.57 Å². The number of aromatic nitrogens is 1. The van der Waals surface area contributed by atoms with Crippen LogP contribution in [0.4, 0.5) is 0 Å². The summed E-state index contributed by atoms with van der Waals surface area (Å²) in [6.45, 7) is 0. The van der Waals surface area contributed by atoms with Gasteiger partial charge in [0.15, 0.2) is 0 Å². The molecule has 0 aliphatic heterocycles. The van der Waals surface area contributed by atoms with Gasteiger partial charge in [-0.3, -0.25) is 0 Å². The Morgan fingerprint density at radius 3 is 2.67 bits per heavy atom. The quantitative estimate of drug-likeness (QED) is 0.678. The number of pyridine rings is 1. The second-order valence-electron chi connectivity index (χ2n) is 6.75. The Hall–Kier alpha value is -1.88. The minimum atomic E-state index is -3.51. The van der Waals surface area contributed by atoms with Crippen LogP contribution in [0.25, 0.3) is 0 Å². The molecule has 3 rings (SSSR count). The van der Waals surface area contributed by atoms with Gasteiger partial charge in [-0.1, -0.05) is 31.4 Å². The lowest BCUT2D eigenvalue weighted by atomic mass is 9.96. The van der Waals surface area contributed by atoms with E-state index >= 15 is 0 Å². The second kappa shape index (κ2) is 8.87. The summed E-state index contributed by atoms with van der Waals surface area (Å²) in [4.78, 5) is 4.56. The minimum Gasteiger partial charge on any atom is -0.249 e. The summed E-state index contributed by atoms with van der Waals surface area (Å²) < 4.78 is 27.2. The number of rotatable bonds is 6. The average molecular weight is 402 g/mol. The number of sulfonamides is 1. The molecule has 5 nitrogen and oxygen atoms in total.